The van der Waals surface area contributed by atoms with Crippen molar-refractivity contribution in [1.82, 2.24) is 0 Å². The third-order valence-corrected chi connectivity index (χ3v) is 3.16. The van der Waals surface area contributed by atoms with Gasteiger partial charge in [-0.1, -0.05) is 0 Å². The van der Waals surface area contributed by atoms with E-state index < -0.39 is 29.7 Å². The Morgan fingerprint density at radius 1 is 1.25 bits per heavy atom. The van der Waals surface area contributed by atoms with E-state index in [-0.39, 0.29) is 36.1 Å². The number of rotatable bonds is 0. The van der Waals surface area contributed by atoms with Gasteiger partial charge in [0.25, 0.3) is 0 Å². The molecule has 0 aromatic heterocycles. The third-order valence-electron chi connectivity index (χ3n) is 3.16. The van der Waals surface area contributed by atoms with E-state index in [2.05, 4.69) is 0 Å². The van der Waals surface area contributed by atoms with Crippen LogP contribution in [0.4, 0.5) is 0 Å². The third kappa shape index (κ3) is 3.08. The van der Waals surface area contributed by atoms with E-state index in [0.29, 0.717) is 0 Å². The summed E-state index contributed by atoms with van der Waals surface area (Å²) in [5, 5.41) is 29.0. The SMILES string of the molecule is C[C@@H]1C[C@H](O)CC(=O)c2c(O)cc(O)cc2CC(=O)O1. The Labute approximate surface area is 115 Å². The van der Waals surface area contributed by atoms with Crippen molar-refractivity contribution >= 4 is 11.8 Å². The molecule has 1 aromatic rings. The van der Waals surface area contributed by atoms with E-state index in [1.807, 2.05) is 0 Å². The number of benzene rings is 1. The summed E-state index contributed by atoms with van der Waals surface area (Å²) in [5.41, 5.74) is 0.146. The molecular weight excluding hydrogens is 264 g/mol. The minimum Gasteiger partial charge on any atom is -0.508 e. The molecule has 0 fully saturated rings. The van der Waals surface area contributed by atoms with Crippen molar-refractivity contribution in [3.05, 3.63) is 23.3 Å². The van der Waals surface area contributed by atoms with E-state index in [0.717, 1.165) is 6.07 Å². The number of fused-ring (bicyclic) bond motifs is 1. The van der Waals surface area contributed by atoms with Gasteiger partial charge in [-0.3, -0.25) is 9.59 Å². The molecule has 6 heteroatoms. The number of esters is 1. The number of hydrogen-bond acceptors (Lipinski definition) is 6. The van der Waals surface area contributed by atoms with E-state index >= 15 is 0 Å². The molecule has 3 N–H and O–H groups in total. The number of carbonyl (C=O) groups is 2. The minimum atomic E-state index is -0.954. The molecule has 1 aromatic carbocycles. The molecule has 2 rings (SSSR count). The van der Waals surface area contributed by atoms with Crippen molar-refractivity contribution in [3.63, 3.8) is 0 Å². The summed E-state index contributed by atoms with van der Waals surface area (Å²) < 4.78 is 5.10. The Balaban J connectivity index is 2.47. The normalized spacial score (nSPS) is 23.9. The smallest absolute Gasteiger partial charge is 0.310 e. The van der Waals surface area contributed by atoms with Gasteiger partial charge in [0.05, 0.1) is 18.1 Å². The summed E-state index contributed by atoms with van der Waals surface area (Å²) in [6.07, 6.45) is -1.69. The van der Waals surface area contributed by atoms with Crippen molar-refractivity contribution in [2.45, 2.75) is 38.4 Å². The number of ketones is 1. The second kappa shape index (κ2) is 5.50. The van der Waals surface area contributed by atoms with Crippen LogP contribution in [0.15, 0.2) is 12.1 Å². The average molecular weight is 280 g/mol. The molecule has 0 saturated heterocycles. The van der Waals surface area contributed by atoms with Gasteiger partial charge in [0.1, 0.15) is 17.6 Å². The van der Waals surface area contributed by atoms with Crippen LogP contribution in [0.25, 0.3) is 0 Å². The number of carbonyl (C=O) groups excluding carboxylic acids is 2. The van der Waals surface area contributed by atoms with E-state index in [9.17, 15) is 24.9 Å². The van der Waals surface area contributed by atoms with E-state index in [1.165, 1.54) is 6.07 Å². The lowest BCUT2D eigenvalue weighted by Gasteiger charge is -2.20. The van der Waals surface area contributed by atoms with Crippen molar-refractivity contribution in [3.8, 4) is 11.5 Å². The largest absolute Gasteiger partial charge is 0.508 e. The Morgan fingerprint density at radius 3 is 2.65 bits per heavy atom. The van der Waals surface area contributed by atoms with Gasteiger partial charge in [0.15, 0.2) is 5.78 Å². The molecule has 0 amide bonds. The number of aliphatic hydroxyl groups excluding tert-OH is 1. The van der Waals surface area contributed by atoms with Crippen LogP contribution in [0.3, 0.4) is 0 Å². The summed E-state index contributed by atoms with van der Waals surface area (Å²) in [6.45, 7) is 1.63. The quantitative estimate of drug-likeness (QED) is 0.610. The van der Waals surface area contributed by atoms with Gasteiger partial charge in [-0.25, -0.2) is 0 Å². The van der Waals surface area contributed by atoms with Crippen LogP contribution in [0.2, 0.25) is 0 Å². The standard InChI is InChI=1S/C14H16O6/c1-7-2-9(15)5-11(17)14-8(4-13(19)20-7)3-10(16)6-12(14)18/h3,6-7,9,15-16,18H,2,4-5H2,1H3/t7-,9+/m1/s1. The van der Waals surface area contributed by atoms with Crippen LogP contribution < -0.4 is 0 Å². The van der Waals surface area contributed by atoms with Gasteiger partial charge in [0, 0.05) is 18.9 Å². The molecular formula is C14H16O6. The first kappa shape index (κ1) is 14.3. The van der Waals surface area contributed by atoms with E-state index in [1.54, 1.807) is 6.92 Å². The van der Waals surface area contributed by atoms with E-state index in [4.69, 9.17) is 4.74 Å². The average Bonchev–Trinajstić information content (AvgIpc) is 2.24. The lowest BCUT2D eigenvalue weighted by atomic mass is 9.94. The summed E-state index contributed by atoms with van der Waals surface area (Å²) in [7, 11) is 0. The first-order valence-electron chi connectivity index (χ1n) is 6.32. The molecule has 0 bridgehead atoms. The Hall–Kier alpha value is -2.08. The maximum Gasteiger partial charge on any atom is 0.310 e. The number of phenolic OH excluding ortho intramolecular Hbond substituents is 2. The number of Topliss-reactive ketones (excluding diaryl/α,β-unsaturated/α-hetero) is 1. The molecule has 1 aliphatic heterocycles. The topological polar surface area (TPSA) is 104 Å². The molecule has 20 heavy (non-hydrogen) atoms. The predicted octanol–water partition coefficient (Wildman–Crippen LogP) is 0.909. The number of aromatic hydroxyl groups is 2. The fourth-order valence-electron chi connectivity index (χ4n) is 2.38. The zero-order chi connectivity index (χ0) is 14.9. The molecule has 108 valence electrons. The lowest BCUT2D eigenvalue weighted by molar-refractivity contribution is -0.148. The molecule has 0 aliphatic carbocycles. The summed E-state index contributed by atoms with van der Waals surface area (Å²) >= 11 is 0. The van der Waals surface area contributed by atoms with Gasteiger partial charge < -0.3 is 20.1 Å². The van der Waals surface area contributed by atoms with Crippen LogP contribution in [0.1, 0.15) is 35.7 Å². The van der Waals surface area contributed by atoms with Gasteiger partial charge in [0.2, 0.25) is 0 Å². The second-order valence-electron chi connectivity index (χ2n) is 4.99. The van der Waals surface area contributed by atoms with Crippen LogP contribution in [-0.2, 0) is 16.0 Å². The van der Waals surface area contributed by atoms with Crippen LogP contribution in [0.5, 0.6) is 11.5 Å². The Morgan fingerprint density at radius 2 is 1.95 bits per heavy atom. The highest BCUT2D eigenvalue weighted by Crippen LogP contribution is 2.30. The number of ether oxygens (including phenoxy) is 1. The monoisotopic (exact) mass is 280 g/mol. The zero-order valence-corrected chi connectivity index (χ0v) is 11.0. The number of phenols is 2. The maximum atomic E-state index is 12.1. The predicted molar refractivity (Wildman–Crippen MR) is 68.6 cm³/mol. The summed E-state index contributed by atoms with van der Waals surface area (Å²) in [6, 6.07) is 2.27. The molecule has 1 aliphatic rings. The Kier molecular flexibility index (Phi) is 3.94. The van der Waals surface area contributed by atoms with Gasteiger partial charge >= 0.3 is 5.97 Å². The van der Waals surface area contributed by atoms with Crippen molar-refractivity contribution in [1.29, 1.82) is 0 Å². The highest BCUT2D eigenvalue weighted by atomic mass is 16.5. The van der Waals surface area contributed by atoms with Crippen molar-refractivity contribution in [2.75, 3.05) is 0 Å². The summed E-state index contributed by atoms with van der Waals surface area (Å²) in [4.78, 5) is 23.9. The van der Waals surface area contributed by atoms with Gasteiger partial charge in [-0.2, -0.15) is 0 Å². The molecule has 0 spiro atoms. The first-order chi connectivity index (χ1) is 9.36. The van der Waals surface area contributed by atoms with Crippen molar-refractivity contribution < 1.29 is 29.6 Å². The molecule has 0 radical (unpaired) electrons. The van der Waals surface area contributed by atoms with Gasteiger partial charge in [-0.15, -0.1) is 0 Å². The second-order valence-corrected chi connectivity index (χ2v) is 4.99. The Bertz CT molecular complexity index is 551. The highest BCUT2D eigenvalue weighted by molar-refractivity contribution is 6.01. The fraction of sp³-hybridized carbons (Fsp3) is 0.429. The number of hydrogen-bond donors (Lipinski definition) is 3. The minimum absolute atomic E-state index is 0.0478. The zero-order valence-electron chi connectivity index (χ0n) is 11.0. The molecule has 6 nitrogen and oxygen atoms in total. The number of cyclic esters (lactones) is 1. The van der Waals surface area contributed by atoms with Crippen molar-refractivity contribution in [2.24, 2.45) is 0 Å². The van der Waals surface area contributed by atoms with Crippen LogP contribution in [-0.4, -0.2) is 39.3 Å². The fourth-order valence-corrected chi connectivity index (χ4v) is 2.38. The molecule has 2 atom stereocenters. The molecule has 0 saturated carbocycles. The molecule has 0 unspecified atom stereocenters. The lowest BCUT2D eigenvalue weighted by Crippen LogP contribution is -2.26. The highest BCUT2D eigenvalue weighted by Gasteiger charge is 2.26. The van der Waals surface area contributed by atoms with Crippen LogP contribution in [0, 0.1) is 0 Å². The number of aliphatic hydroxyl groups is 1. The van der Waals surface area contributed by atoms with Gasteiger partial charge in [-0.05, 0) is 18.6 Å². The summed E-state index contributed by atoms with van der Waals surface area (Å²) in [5.74, 6) is -1.69. The molecule has 1 heterocycles. The first-order valence-corrected chi connectivity index (χ1v) is 6.32. The van der Waals surface area contributed by atoms with Crippen LogP contribution >= 0.6 is 0 Å². The maximum absolute atomic E-state index is 12.1.